The fourth-order valence-electron chi connectivity index (χ4n) is 1.70. The van der Waals surface area contributed by atoms with Gasteiger partial charge in [-0.2, -0.15) is 0 Å². The summed E-state index contributed by atoms with van der Waals surface area (Å²) in [5.74, 6) is 4.48. The van der Waals surface area contributed by atoms with E-state index >= 15 is 0 Å². The summed E-state index contributed by atoms with van der Waals surface area (Å²) in [4.78, 5) is 0. The summed E-state index contributed by atoms with van der Waals surface area (Å²) >= 11 is 0. The van der Waals surface area contributed by atoms with Gasteiger partial charge in [-0.05, 0) is 24.8 Å². The molecule has 0 aromatic carbocycles. The summed E-state index contributed by atoms with van der Waals surface area (Å²) in [7, 11) is 0. The highest BCUT2D eigenvalue weighted by atomic mass is 14.9. The first-order chi connectivity index (χ1) is 5.33. The number of nitrogens with one attached hydrogen (secondary N) is 1. The van der Waals surface area contributed by atoms with E-state index in [1.165, 1.54) is 12.8 Å². The Bertz CT molecular complexity index is 157. The first kappa shape index (κ1) is 8.62. The van der Waals surface area contributed by atoms with Gasteiger partial charge in [-0.25, -0.2) is 0 Å². The second-order valence-electron chi connectivity index (χ2n) is 3.27. The van der Waals surface area contributed by atoms with Gasteiger partial charge in [0, 0.05) is 0 Å². The summed E-state index contributed by atoms with van der Waals surface area (Å²) < 4.78 is 0. The third-order valence-corrected chi connectivity index (χ3v) is 2.53. The van der Waals surface area contributed by atoms with E-state index in [2.05, 4.69) is 25.1 Å². The van der Waals surface area contributed by atoms with Gasteiger partial charge in [0.1, 0.15) is 0 Å². The molecule has 1 aliphatic rings. The highest BCUT2D eigenvalue weighted by Crippen LogP contribution is 2.43. The molecule has 0 saturated heterocycles. The van der Waals surface area contributed by atoms with Crippen molar-refractivity contribution in [3.8, 4) is 12.3 Å². The predicted molar refractivity (Wildman–Crippen MR) is 48.2 cm³/mol. The van der Waals surface area contributed by atoms with Crippen LogP contribution < -0.4 is 5.32 Å². The number of hydrogen-bond acceptors (Lipinski definition) is 1. The van der Waals surface area contributed by atoms with E-state index < -0.39 is 0 Å². The van der Waals surface area contributed by atoms with E-state index in [9.17, 15) is 0 Å². The van der Waals surface area contributed by atoms with Crippen LogP contribution >= 0.6 is 0 Å². The minimum Gasteiger partial charge on any atom is -0.304 e. The zero-order valence-electron chi connectivity index (χ0n) is 7.43. The summed E-state index contributed by atoms with van der Waals surface area (Å²) in [6, 6.07) is 0.338. The summed E-state index contributed by atoms with van der Waals surface area (Å²) in [6.45, 7) is 5.33. The molecule has 0 radical (unpaired) electrons. The molecule has 3 unspecified atom stereocenters. The van der Waals surface area contributed by atoms with Crippen molar-refractivity contribution in [3.05, 3.63) is 0 Å². The second kappa shape index (κ2) is 3.78. The Morgan fingerprint density at radius 2 is 2.36 bits per heavy atom. The van der Waals surface area contributed by atoms with Crippen LogP contribution in [0.2, 0.25) is 0 Å². The number of hydrogen-bond donors (Lipinski definition) is 1. The number of terminal acetylenes is 1. The zero-order valence-corrected chi connectivity index (χ0v) is 7.43. The summed E-state index contributed by atoms with van der Waals surface area (Å²) in [5.41, 5.74) is 0. The minimum atomic E-state index is 0.338. The molecular weight excluding hydrogens is 134 g/mol. The molecule has 1 heteroatoms. The van der Waals surface area contributed by atoms with Crippen LogP contribution in [0.1, 0.15) is 26.7 Å². The Kier molecular flexibility index (Phi) is 2.96. The smallest absolute Gasteiger partial charge is 0.0718 e. The molecule has 1 saturated carbocycles. The predicted octanol–water partition coefficient (Wildman–Crippen LogP) is 1.64. The third-order valence-electron chi connectivity index (χ3n) is 2.53. The van der Waals surface area contributed by atoms with E-state index in [1.54, 1.807) is 0 Å². The van der Waals surface area contributed by atoms with Crippen molar-refractivity contribution in [1.29, 1.82) is 0 Å². The average Bonchev–Trinajstić information content (AvgIpc) is 2.79. The molecule has 1 aliphatic carbocycles. The molecule has 62 valence electrons. The average molecular weight is 151 g/mol. The SMILES string of the molecule is C#CC(NCC)C1CC1CC. The van der Waals surface area contributed by atoms with Crippen molar-refractivity contribution < 1.29 is 0 Å². The molecule has 0 spiro atoms. The highest BCUT2D eigenvalue weighted by molar-refractivity contribution is 5.09. The maximum Gasteiger partial charge on any atom is 0.0718 e. The molecule has 0 aliphatic heterocycles. The lowest BCUT2D eigenvalue weighted by molar-refractivity contribution is 0.532. The van der Waals surface area contributed by atoms with Crippen LogP contribution in [0.4, 0.5) is 0 Å². The number of rotatable bonds is 4. The van der Waals surface area contributed by atoms with Gasteiger partial charge in [-0.1, -0.05) is 26.2 Å². The van der Waals surface area contributed by atoms with Crippen molar-refractivity contribution in [3.63, 3.8) is 0 Å². The monoisotopic (exact) mass is 151 g/mol. The molecular formula is C10H17N. The Labute approximate surface area is 69.6 Å². The quantitative estimate of drug-likeness (QED) is 0.602. The van der Waals surface area contributed by atoms with Gasteiger partial charge < -0.3 is 5.32 Å². The molecule has 0 aromatic heterocycles. The first-order valence-electron chi connectivity index (χ1n) is 4.53. The van der Waals surface area contributed by atoms with Crippen molar-refractivity contribution >= 4 is 0 Å². The minimum absolute atomic E-state index is 0.338. The van der Waals surface area contributed by atoms with Crippen molar-refractivity contribution in [2.75, 3.05) is 6.54 Å². The maximum atomic E-state index is 5.40. The lowest BCUT2D eigenvalue weighted by Gasteiger charge is -2.09. The fourth-order valence-corrected chi connectivity index (χ4v) is 1.70. The normalized spacial score (nSPS) is 31.0. The molecule has 0 amide bonds. The van der Waals surface area contributed by atoms with Crippen LogP contribution in [-0.4, -0.2) is 12.6 Å². The van der Waals surface area contributed by atoms with Crippen LogP contribution in [0.5, 0.6) is 0 Å². The molecule has 1 nitrogen and oxygen atoms in total. The van der Waals surface area contributed by atoms with E-state index in [0.717, 1.165) is 18.4 Å². The molecule has 0 heterocycles. The molecule has 1 rings (SSSR count). The van der Waals surface area contributed by atoms with Gasteiger partial charge in [0.15, 0.2) is 0 Å². The third kappa shape index (κ3) is 1.97. The van der Waals surface area contributed by atoms with Gasteiger partial charge in [-0.3, -0.25) is 0 Å². The van der Waals surface area contributed by atoms with Crippen LogP contribution in [-0.2, 0) is 0 Å². The Balaban J connectivity index is 2.29. The van der Waals surface area contributed by atoms with Gasteiger partial charge in [0.2, 0.25) is 0 Å². The molecule has 1 N–H and O–H groups in total. The molecule has 3 atom stereocenters. The van der Waals surface area contributed by atoms with Gasteiger partial charge >= 0.3 is 0 Å². The van der Waals surface area contributed by atoms with E-state index in [4.69, 9.17) is 6.42 Å². The van der Waals surface area contributed by atoms with E-state index in [0.29, 0.717) is 6.04 Å². The molecule has 11 heavy (non-hydrogen) atoms. The Morgan fingerprint density at radius 1 is 1.64 bits per heavy atom. The molecule has 1 fully saturated rings. The topological polar surface area (TPSA) is 12.0 Å². The Morgan fingerprint density at radius 3 is 2.73 bits per heavy atom. The molecule has 0 bridgehead atoms. The fraction of sp³-hybridized carbons (Fsp3) is 0.800. The van der Waals surface area contributed by atoms with Crippen LogP contribution in [0, 0.1) is 24.2 Å². The maximum absolute atomic E-state index is 5.40. The van der Waals surface area contributed by atoms with Gasteiger partial charge in [0.05, 0.1) is 6.04 Å². The Hall–Kier alpha value is -0.480. The summed E-state index contributed by atoms with van der Waals surface area (Å²) in [5, 5.41) is 3.32. The summed E-state index contributed by atoms with van der Waals surface area (Å²) in [6.07, 6.45) is 8.02. The standard InChI is InChI=1S/C10H17N/c1-4-8-7-9(8)10(5-2)11-6-3/h2,8-11H,4,6-7H2,1,3H3. The van der Waals surface area contributed by atoms with Gasteiger partial charge in [-0.15, -0.1) is 6.42 Å². The van der Waals surface area contributed by atoms with Crippen LogP contribution in [0.15, 0.2) is 0 Å². The largest absolute Gasteiger partial charge is 0.304 e. The van der Waals surface area contributed by atoms with Crippen molar-refractivity contribution in [1.82, 2.24) is 5.32 Å². The van der Waals surface area contributed by atoms with Crippen LogP contribution in [0.3, 0.4) is 0 Å². The van der Waals surface area contributed by atoms with Crippen molar-refractivity contribution in [2.24, 2.45) is 11.8 Å². The second-order valence-corrected chi connectivity index (χ2v) is 3.27. The first-order valence-corrected chi connectivity index (χ1v) is 4.53. The van der Waals surface area contributed by atoms with Gasteiger partial charge in [0.25, 0.3) is 0 Å². The van der Waals surface area contributed by atoms with Crippen molar-refractivity contribution in [2.45, 2.75) is 32.7 Å². The lowest BCUT2D eigenvalue weighted by atomic mass is 10.1. The van der Waals surface area contributed by atoms with E-state index in [1.807, 2.05) is 0 Å². The van der Waals surface area contributed by atoms with E-state index in [-0.39, 0.29) is 0 Å². The highest BCUT2D eigenvalue weighted by Gasteiger charge is 2.40. The zero-order chi connectivity index (χ0) is 8.27. The van der Waals surface area contributed by atoms with Crippen LogP contribution in [0.25, 0.3) is 0 Å². The molecule has 0 aromatic rings. The lowest BCUT2D eigenvalue weighted by Crippen LogP contribution is -2.29.